The van der Waals surface area contributed by atoms with Crippen LogP contribution in [0.5, 0.6) is 0 Å². The molecule has 1 unspecified atom stereocenters. The van der Waals surface area contributed by atoms with Gasteiger partial charge in [0.05, 0.1) is 11.5 Å². The van der Waals surface area contributed by atoms with Crippen molar-refractivity contribution < 1.29 is 9.53 Å². The number of carbonyl (C=O) groups is 1. The third-order valence-electron chi connectivity index (χ3n) is 4.49. The maximum Gasteiger partial charge on any atom is 0.226 e. The first-order chi connectivity index (χ1) is 8.77. The average Bonchev–Trinajstić information content (AvgIpc) is 2.92. The standard InChI is InChI=1S/C14H26N2O2/c1-2-14(6-9-15-10-7-14)13(17)16-8-5-12-4-3-11-18-12/h12,15H,2-11H2,1H3,(H,16,17). The topological polar surface area (TPSA) is 50.4 Å². The van der Waals surface area contributed by atoms with Crippen LogP contribution < -0.4 is 10.6 Å². The Labute approximate surface area is 110 Å². The van der Waals surface area contributed by atoms with Gasteiger partial charge in [0.2, 0.25) is 5.91 Å². The molecule has 0 aromatic rings. The minimum absolute atomic E-state index is 0.123. The molecule has 18 heavy (non-hydrogen) atoms. The van der Waals surface area contributed by atoms with Crippen molar-refractivity contribution in [1.29, 1.82) is 0 Å². The third-order valence-corrected chi connectivity index (χ3v) is 4.49. The molecule has 2 saturated heterocycles. The second-order valence-corrected chi connectivity index (χ2v) is 5.56. The lowest BCUT2D eigenvalue weighted by atomic mass is 9.76. The van der Waals surface area contributed by atoms with E-state index in [1.54, 1.807) is 0 Å². The molecule has 0 radical (unpaired) electrons. The van der Waals surface area contributed by atoms with Gasteiger partial charge in [0.15, 0.2) is 0 Å². The second-order valence-electron chi connectivity index (χ2n) is 5.56. The van der Waals surface area contributed by atoms with E-state index in [-0.39, 0.29) is 11.3 Å². The van der Waals surface area contributed by atoms with Crippen molar-refractivity contribution in [2.24, 2.45) is 5.41 Å². The quantitative estimate of drug-likeness (QED) is 0.781. The Morgan fingerprint density at radius 2 is 2.22 bits per heavy atom. The number of carbonyl (C=O) groups excluding carboxylic acids is 1. The van der Waals surface area contributed by atoms with E-state index in [0.717, 1.165) is 58.3 Å². The van der Waals surface area contributed by atoms with E-state index < -0.39 is 0 Å². The first-order valence-electron chi connectivity index (χ1n) is 7.37. The summed E-state index contributed by atoms with van der Waals surface area (Å²) in [5, 5.41) is 6.45. The summed E-state index contributed by atoms with van der Waals surface area (Å²) < 4.78 is 5.57. The van der Waals surface area contributed by atoms with Gasteiger partial charge in [0.1, 0.15) is 0 Å². The molecule has 0 aliphatic carbocycles. The molecule has 1 amide bonds. The fraction of sp³-hybridized carbons (Fsp3) is 0.929. The molecule has 0 saturated carbocycles. The molecule has 104 valence electrons. The first kappa shape index (κ1) is 13.8. The number of hydrogen-bond donors (Lipinski definition) is 2. The van der Waals surface area contributed by atoms with Gasteiger partial charge >= 0.3 is 0 Å². The van der Waals surface area contributed by atoms with Crippen LogP contribution in [0.2, 0.25) is 0 Å². The summed E-state index contributed by atoms with van der Waals surface area (Å²) in [7, 11) is 0. The molecule has 0 bridgehead atoms. The zero-order valence-electron chi connectivity index (χ0n) is 11.5. The van der Waals surface area contributed by atoms with Crippen molar-refractivity contribution in [3.05, 3.63) is 0 Å². The fourth-order valence-corrected chi connectivity index (χ4v) is 3.05. The summed E-state index contributed by atoms with van der Waals surface area (Å²) >= 11 is 0. The molecule has 2 rings (SSSR count). The lowest BCUT2D eigenvalue weighted by Gasteiger charge is -2.35. The van der Waals surface area contributed by atoms with E-state index in [9.17, 15) is 4.79 Å². The van der Waals surface area contributed by atoms with Gasteiger partial charge in [-0.25, -0.2) is 0 Å². The van der Waals surface area contributed by atoms with Crippen molar-refractivity contribution in [2.45, 2.75) is 51.6 Å². The molecule has 0 spiro atoms. The maximum absolute atomic E-state index is 12.3. The monoisotopic (exact) mass is 254 g/mol. The number of rotatable bonds is 5. The van der Waals surface area contributed by atoms with Crippen LogP contribution in [0.15, 0.2) is 0 Å². The van der Waals surface area contributed by atoms with Crippen LogP contribution in [-0.2, 0) is 9.53 Å². The Morgan fingerprint density at radius 1 is 1.44 bits per heavy atom. The van der Waals surface area contributed by atoms with Crippen molar-refractivity contribution >= 4 is 5.91 Å². The molecule has 2 aliphatic rings. The minimum Gasteiger partial charge on any atom is -0.378 e. The highest BCUT2D eigenvalue weighted by atomic mass is 16.5. The van der Waals surface area contributed by atoms with Gasteiger partial charge in [0.25, 0.3) is 0 Å². The minimum atomic E-state index is -0.123. The maximum atomic E-state index is 12.3. The van der Waals surface area contributed by atoms with Gasteiger partial charge in [-0.3, -0.25) is 4.79 Å². The van der Waals surface area contributed by atoms with E-state index in [4.69, 9.17) is 4.74 Å². The number of ether oxygens (including phenoxy) is 1. The van der Waals surface area contributed by atoms with Crippen LogP contribution in [0, 0.1) is 5.41 Å². The van der Waals surface area contributed by atoms with Crippen LogP contribution >= 0.6 is 0 Å². The summed E-state index contributed by atoms with van der Waals surface area (Å²) in [5.74, 6) is 0.254. The highest BCUT2D eigenvalue weighted by molar-refractivity contribution is 5.82. The van der Waals surface area contributed by atoms with Crippen LogP contribution in [0.25, 0.3) is 0 Å². The van der Waals surface area contributed by atoms with Crippen LogP contribution in [0.3, 0.4) is 0 Å². The SMILES string of the molecule is CCC1(C(=O)NCCC2CCCO2)CCNCC1. The summed E-state index contributed by atoms with van der Waals surface area (Å²) in [6.45, 7) is 5.72. The van der Waals surface area contributed by atoms with Crippen molar-refractivity contribution in [2.75, 3.05) is 26.2 Å². The predicted octanol–water partition coefficient (Wildman–Crippen LogP) is 1.45. The van der Waals surface area contributed by atoms with Gasteiger partial charge in [-0.2, -0.15) is 0 Å². The van der Waals surface area contributed by atoms with Crippen molar-refractivity contribution in [1.82, 2.24) is 10.6 Å². The number of hydrogen-bond acceptors (Lipinski definition) is 3. The van der Waals surface area contributed by atoms with E-state index in [2.05, 4.69) is 17.6 Å². The summed E-state index contributed by atoms with van der Waals surface area (Å²) in [6, 6.07) is 0. The molecule has 2 fully saturated rings. The average molecular weight is 254 g/mol. The lowest BCUT2D eigenvalue weighted by molar-refractivity contribution is -0.132. The molecule has 0 aromatic carbocycles. The largest absolute Gasteiger partial charge is 0.378 e. The van der Waals surface area contributed by atoms with Crippen molar-refractivity contribution in [3.8, 4) is 0 Å². The normalized spacial score (nSPS) is 27.1. The Morgan fingerprint density at radius 3 is 2.83 bits per heavy atom. The Balaban J connectivity index is 1.74. The smallest absolute Gasteiger partial charge is 0.226 e. The zero-order valence-corrected chi connectivity index (χ0v) is 11.5. The van der Waals surface area contributed by atoms with E-state index in [0.29, 0.717) is 6.10 Å². The Kier molecular flexibility index (Phi) is 5.01. The van der Waals surface area contributed by atoms with E-state index in [1.807, 2.05) is 0 Å². The molecule has 2 N–H and O–H groups in total. The molecule has 2 heterocycles. The highest BCUT2D eigenvalue weighted by Gasteiger charge is 2.37. The van der Waals surface area contributed by atoms with Gasteiger partial charge < -0.3 is 15.4 Å². The van der Waals surface area contributed by atoms with Gasteiger partial charge in [-0.05, 0) is 51.6 Å². The molecule has 1 atom stereocenters. The van der Waals surface area contributed by atoms with Crippen LogP contribution in [0.1, 0.15) is 45.4 Å². The third kappa shape index (κ3) is 3.23. The fourth-order valence-electron chi connectivity index (χ4n) is 3.05. The lowest BCUT2D eigenvalue weighted by Crippen LogP contribution is -2.47. The number of amides is 1. The number of piperidine rings is 1. The first-order valence-corrected chi connectivity index (χ1v) is 7.37. The molecule has 4 heteroatoms. The highest BCUT2D eigenvalue weighted by Crippen LogP contribution is 2.32. The van der Waals surface area contributed by atoms with E-state index >= 15 is 0 Å². The Bertz CT molecular complexity index is 269. The van der Waals surface area contributed by atoms with Crippen LogP contribution in [0.4, 0.5) is 0 Å². The summed E-state index contributed by atoms with van der Waals surface area (Å²) in [6.07, 6.45) is 6.53. The zero-order chi connectivity index (χ0) is 12.8. The van der Waals surface area contributed by atoms with Gasteiger partial charge in [-0.1, -0.05) is 6.92 Å². The summed E-state index contributed by atoms with van der Waals surface area (Å²) in [4.78, 5) is 12.3. The van der Waals surface area contributed by atoms with Gasteiger partial charge in [0, 0.05) is 13.2 Å². The Hall–Kier alpha value is -0.610. The molecular formula is C14H26N2O2. The molecule has 0 aromatic heterocycles. The molecule has 2 aliphatic heterocycles. The van der Waals surface area contributed by atoms with E-state index in [1.165, 1.54) is 6.42 Å². The number of nitrogens with one attached hydrogen (secondary N) is 2. The van der Waals surface area contributed by atoms with Crippen molar-refractivity contribution in [3.63, 3.8) is 0 Å². The molecular weight excluding hydrogens is 228 g/mol. The van der Waals surface area contributed by atoms with Crippen LogP contribution in [-0.4, -0.2) is 38.3 Å². The predicted molar refractivity (Wildman–Crippen MR) is 71.4 cm³/mol. The summed E-state index contributed by atoms with van der Waals surface area (Å²) in [5.41, 5.74) is -0.123. The second kappa shape index (κ2) is 6.53. The molecule has 4 nitrogen and oxygen atoms in total. The van der Waals surface area contributed by atoms with Gasteiger partial charge in [-0.15, -0.1) is 0 Å².